The Hall–Kier alpha value is -1.26. The monoisotopic (exact) mass is 257 g/mol. The van der Waals surface area contributed by atoms with Crippen LogP contribution in [0.15, 0.2) is 30.3 Å². The molecule has 19 heavy (non-hydrogen) atoms. The second kappa shape index (κ2) is 9.64. The zero-order chi connectivity index (χ0) is 13.9. The van der Waals surface area contributed by atoms with E-state index in [1.54, 1.807) is 0 Å². The Bertz CT molecular complexity index is 383. The third-order valence-corrected chi connectivity index (χ3v) is 3.36. The Morgan fingerprint density at radius 1 is 1.00 bits per heavy atom. The van der Waals surface area contributed by atoms with Crippen molar-refractivity contribution in [2.45, 2.75) is 51.5 Å². The normalized spacial score (nSPS) is 12.0. The van der Waals surface area contributed by atoms with Gasteiger partial charge in [-0.05, 0) is 32.6 Å². The van der Waals surface area contributed by atoms with Gasteiger partial charge in [-0.15, -0.1) is 0 Å². The van der Waals surface area contributed by atoms with Crippen LogP contribution >= 0.6 is 0 Å². The van der Waals surface area contributed by atoms with Gasteiger partial charge in [-0.1, -0.05) is 69.1 Å². The number of unbranched alkanes of at least 4 members (excludes halogenated alkanes) is 4. The predicted molar refractivity (Wildman–Crippen MR) is 84.2 cm³/mol. The van der Waals surface area contributed by atoms with Crippen LogP contribution in [0.5, 0.6) is 0 Å². The minimum absolute atomic E-state index is 0.377. The van der Waals surface area contributed by atoms with Gasteiger partial charge in [-0.25, -0.2) is 0 Å². The first kappa shape index (κ1) is 15.8. The summed E-state index contributed by atoms with van der Waals surface area (Å²) in [6.07, 6.45) is 7.84. The van der Waals surface area contributed by atoms with Crippen LogP contribution in [0.1, 0.15) is 51.0 Å². The molecule has 0 amide bonds. The molecule has 0 saturated heterocycles. The Labute approximate surface area is 119 Å². The summed E-state index contributed by atoms with van der Waals surface area (Å²) in [6.45, 7) is 2.26. The maximum absolute atomic E-state index is 3.40. The zero-order valence-electron chi connectivity index (χ0n) is 12.7. The summed E-state index contributed by atoms with van der Waals surface area (Å²) in [7, 11) is 4.24. The lowest BCUT2D eigenvalue weighted by molar-refractivity contribution is 0.328. The molecule has 104 valence electrons. The van der Waals surface area contributed by atoms with Crippen molar-refractivity contribution < 1.29 is 0 Å². The molecule has 0 N–H and O–H groups in total. The summed E-state index contributed by atoms with van der Waals surface area (Å²) < 4.78 is 0. The fourth-order valence-electron chi connectivity index (χ4n) is 2.09. The summed E-state index contributed by atoms with van der Waals surface area (Å²) in [5.74, 6) is 6.69. The summed E-state index contributed by atoms with van der Waals surface area (Å²) >= 11 is 0. The van der Waals surface area contributed by atoms with Crippen molar-refractivity contribution in [3.63, 3.8) is 0 Å². The van der Waals surface area contributed by atoms with E-state index in [1.165, 1.54) is 38.5 Å². The van der Waals surface area contributed by atoms with Crippen molar-refractivity contribution >= 4 is 0 Å². The molecular weight excluding hydrogens is 230 g/mol. The molecule has 0 saturated carbocycles. The zero-order valence-corrected chi connectivity index (χ0v) is 12.7. The van der Waals surface area contributed by atoms with Crippen LogP contribution in [0.25, 0.3) is 0 Å². The number of hydrogen-bond donors (Lipinski definition) is 0. The molecule has 1 atom stereocenters. The second-order valence-corrected chi connectivity index (χ2v) is 5.32. The lowest BCUT2D eigenvalue weighted by atomic mass is 10.1. The fourth-order valence-corrected chi connectivity index (χ4v) is 2.09. The molecule has 0 fully saturated rings. The van der Waals surface area contributed by atoms with Crippen molar-refractivity contribution in [3.05, 3.63) is 35.9 Å². The molecule has 0 aliphatic rings. The fraction of sp³-hybridized carbons (Fsp3) is 0.556. The van der Waals surface area contributed by atoms with Crippen LogP contribution in [-0.2, 0) is 0 Å². The molecule has 1 aromatic carbocycles. The molecular formula is C18H27N. The van der Waals surface area contributed by atoms with Gasteiger partial charge < -0.3 is 0 Å². The van der Waals surface area contributed by atoms with E-state index in [1.807, 2.05) is 18.2 Å². The van der Waals surface area contributed by atoms with E-state index in [9.17, 15) is 0 Å². The van der Waals surface area contributed by atoms with Crippen LogP contribution in [0.4, 0.5) is 0 Å². The highest BCUT2D eigenvalue weighted by Gasteiger charge is 2.06. The highest BCUT2D eigenvalue weighted by atomic mass is 15.1. The first-order valence-electron chi connectivity index (χ1n) is 7.47. The molecule has 1 nitrogen and oxygen atoms in total. The first-order chi connectivity index (χ1) is 9.24. The molecule has 0 radical (unpaired) electrons. The van der Waals surface area contributed by atoms with Crippen LogP contribution < -0.4 is 0 Å². The predicted octanol–water partition coefficient (Wildman–Crippen LogP) is 4.33. The smallest absolute Gasteiger partial charge is 0.0713 e. The van der Waals surface area contributed by atoms with Gasteiger partial charge in [0.25, 0.3) is 0 Å². The summed E-state index contributed by atoms with van der Waals surface area (Å²) in [5, 5.41) is 0. The topological polar surface area (TPSA) is 3.24 Å². The number of benzene rings is 1. The summed E-state index contributed by atoms with van der Waals surface area (Å²) in [5.41, 5.74) is 1.11. The largest absolute Gasteiger partial charge is 0.296 e. The van der Waals surface area contributed by atoms with Crippen LogP contribution in [0, 0.1) is 11.8 Å². The lowest BCUT2D eigenvalue weighted by Crippen LogP contribution is -2.26. The van der Waals surface area contributed by atoms with Gasteiger partial charge in [-0.2, -0.15) is 0 Å². The van der Waals surface area contributed by atoms with E-state index in [-0.39, 0.29) is 0 Å². The van der Waals surface area contributed by atoms with Gasteiger partial charge in [0.1, 0.15) is 0 Å². The first-order valence-corrected chi connectivity index (χ1v) is 7.47. The average molecular weight is 257 g/mol. The molecule has 1 rings (SSSR count). The van der Waals surface area contributed by atoms with Crippen LogP contribution in [0.3, 0.4) is 0 Å². The minimum atomic E-state index is 0.377. The van der Waals surface area contributed by atoms with E-state index in [0.29, 0.717) is 6.04 Å². The van der Waals surface area contributed by atoms with E-state index in [4.69, 9.17) is 0 Å². The second-order valence-electron chi connectivity index (χ2n) is 5.32. The highest BCUT2D eigenvalue weighted by Crippen LogP contribution is 2.09. The molecule has 0 spiro atoms. The van der Waals surface area contributed by atoms with E-state index < -0.39 is 0 Å². The van der Waals surface area contributed by atoms with Crippen molar-refractivity contribution in [2.24, 2.45) is 0 Å². The maximum atomic E-state index is 3.40. The lowest BCUT2D eigenvalue weighted by Gasteiger charge is -2.18. The Kier molecular flexibility index (Phi) is 8.02. The summed E-state index contributed by atoms with van der Waals surface area (Å²) in [4.78, 5) is 2.23. The van der Waals surface area contributed by atoms with Crippen molar-refractivity contribution in [1.82, 2.24) is 4.90 Å². The molecule has 0 heterocycles. The SMILES string of the molecule is CCCCCCCC(C#Cc1ccccc1)N(C)C. The molecule has 0 aliphatic heterocycles. The quantitative estimate of drug-likeness (QED) is 0.519. The van der Waals surface area contributed by atoms with Crippen LogP contribution in [0.2, 0.25) is 0 Å². The van der Waals surface area contributed by atoms with Crippen molar-refractivity contribution in [1.29, 1.82) is 0 Å². The standard InChI is InChI=1S/C18H27N/c1-4-5-6-7-11-14-18(19(2)3)16-15-17-12-9-8-10-13-17/h8-10,12-13,18H,4-7,11,14H2,1-3H3. The van der Waals surface area contributed by atoms with Gasteiger partial charge in [0.2, 0.25) is 0 Å². The van der Waals surface area contributed by atoms with Gasteiger partial charge in [0.15, 0.2) is 0 Å². The van der Waals surface area contributed by atoms with Crippen molar-refractivity contribution in [3.8, 4) is 11.8 Å². The van der Waals surface area contributed by atoms with Gasteiger partial charge in [0, 0.05) is 5.56 Å². The van der Waals surface area contributed by atoms with Gasteiger partial charge in [-0.3, -0.25) is 4.90 Å². The highest BCUT2D eigenvalue weighted by molar-refractivity contribution is 5.34. The molecule has 1 heteroatoms. The van der Waals surface area contributed by atoms with E-state index in [2.05, 4.69) is 49.9 Å². The Balaban J connectivity index is 2.43. The van der Waals surface area contributed by atoms with Gasteiger partial charge in [0.05, 0.1) is 6.04 Å². The van der Waals surface area contributed by atoms with E-state index in [0.717, 1.165) is 5.56 Å². The van der Waals surface area contributed by atoms with Crippen LogP contribution in [-0.4, -0.2) is 25.0 Å². The van der Waals surface area contributed by atoms with Crippen molar-refractivity contribution in [2.75, 3.05) is 14.1 Å². The number of nitrogens with zero attached hydrogens (tertiary/aromatic N) is 1. The van der Waals surface area contributed by atoms with Gasteiger partial charge >= 0.3 is 0 Å². The molecule has 1 unspecified atom stereocenters. The summed E-state index contributed by atoms with van der Waals surface area (Å²) in [6, 6.07) is 10.6. The molecule has 0 bridgehead atoms. The average Bonchev–Trinajstić information content (AvgIpc) is 2.42. The molecule has 1 aromatic rings. The Morgan fingerprint density at radius 3 is 2.32 bits per heavy atom. The third kappa shape index (κ3) is 7.03. The number of rotatable bonds is 7. The molecule has 0 aliphatic carbocycles. The minimum Gasteiger partial charge on any atom is -0.296 e. The molecule has 0 aromatic heterocycles. The maximum Gasteiger partial charge on any atom is 0.0713 e. The van der Waals surface area contributed by atoms with E-state index >= 15 is 0 Å². The third-order valence-electron chi connectivity index (χ3n) is 3.36. The Morgan fingerprint density at radius 2 is 1.68 bits per heavy atom. The number of hydrogen-bond acceptors (Lipinski definition) is 1.